The van der Waals surface area contributed by atoms with Crippen molar-refractivity contribution >= 4 is 5.78 Å². The number of carbonyl (C=O) groups is 1. The summed E-state index contributed by atoms with van der Waals surface area (Å²) in [7, 11) is 1.93. The fourth-order valence-electron chi connectivity index (χ4n) is 3.53. The molecule has 128 valence electrons. The lowest BCUT2D eigenvalue weighted by Crippen LogP contribution is -2.42. The first-order chi connectivity index (χ1) is 10.7. The van der Waals surface area contributed by atoms with Crippen LogP contribution in [-0.2, 0) is 17.5 Å². The van der Waals surface area contributed by atoms with Crippen LogP contribution >= 0.6 is 0 Å². The molecule has 2 nitrogen and oxygen atoms in total. The zero-order chi connectivity index (χ0) is 17.1. The van der Waals surface area contributed by atoms with Gasteiger partial charge in [-0.2, -0.15) is 13.2 Å². The Kier molecular flexibility index (Phi) is 5.50. The molecule has 0 spiro atoms. The molecule has 1 aliphatic carbocycles. The minimum absolute atomic E-state index is 0.233. The van der Waals surface area contributed by atoms with Crippen molar-refractivity contribution in [2.45, 2.75) is 51.7 Å². The van der Waals surface area contributed by atoms with Gasteiger partial charge in [0, 0.05) is 18.5 Å². The second-order valence-electron chi connectivity index (χ2n) is 6.76. The summed E-state index contributed by atoms with van der Waals surface area (Å²) >= 11 is 0. The molecule has 0 atom stereocenters. The van der Waals surface area contributed by atoms with E-state index in [0.717, 1.165) is 43.4 Å². The summed E-state index contributed by atoms with van der Waals surface area (Å²) < 4.78 is 37.7. The third-order valence-electron chi connectivity index (χ3n) is 4.86. The van der Waals surface area contributed by atoms with Crippen LogP contribution in [0.2, 0.25) is 0 Å². The molecule has 0 aromatic heterocycles. The topological polar surface area (TPSA) is 20.3 Å². The first-order valence-electron chi connectivity index (χ1n) is 8.09. The van der Waals surface area contributed by atoms with Crippen molar-refractivity contribution in [1.82, 2.24) is 4.90 Å². The Morgan fingerprint density at radius 1 is 1.13 bits per heavy atom. The fourth-order valence-corrected chi connectivity index (χ4v) is 3.53. The van der Waals surface area contributed by atoms with Crippen LogP contribution < -0.4 is 0 Å². The fraction of sp³-hybridized carbons (Fsp3) is 0.611. The first-order valence-corrected chi connectivity index (χ1v) is 8.09. The molecule has 0 saturated heterocycles. The number of Topliss-reactive ketones (excluding diaryl/α,β-unsaturated/α-hetero) is 1. The zero-order valence-corrected chi connectivity index (χ0v) is 13.7. The SMILES string of the molecule is CC(=O)C1(CN(C)Cc2ccc(C(F)(F)F)cc2)CCCCC1. The molecule has 1 aliphatic rings. The normalized spacial score (nSPS) is 18.2. The Hall–Kier alpha value is -1.36. The Balaban J connectivity index is 2.01. The molecule has 0 unspecified atom stereocenters. The van der Waals surface area contributed by atoms with Crippen molar-refractivity contribution < 1.29 is 18.0 Å². The van der Waals surface area contributed by atoms with Crippen LogP contribution in [-0.4, -0.2) is 24.3 Å². The molecule has 0 radical (unpaired) electrons. The number of ketones is 1. The minimum atomic E-state index is -4.30. The summed E-state index contributed by atoms with van der Waals surface area (Å²) in [4.78, 5) is 14.2. The molecule has 1 saturated carbocycles. The van der Waals surface area contributed by atoms with E-state index < -0.39 is 11.7 Å². The van der Waals surface area contributed by atoms with Crippen molar-refractivity contribution in [3.8, 4) is 0 Å². The molecule has 2 rings (SSSR count). The molecule has 0 N–H and O–H groups in total. The highest BCUT2D eigenvalue weighted by Gasteiger charge is 2.37. The molecular weight excluding hydrogens is 303 g/mol. The minimum Gasteiger partial charge on any atom is -0.301 e. The number of halogens is 3. The smallest absolute Gasteiger partial charge is 0.301 e. The van der Waals surface area contributed by atoms with Crippen LogP contribution in [0.25, 0.3) is 0 Å². The van der Waals surface area contributed by atoms with Gasteiger partial charge in [-0.15, -0.1) is 0 Å². The van der Waals surface area contributed by atoms with Gasteiger partial charge in [-0.25, -0.2) is 0 Å². The van der Waals surface area contributed by atoms with E-state index in [1.165, 1.54) is 18.6 Å². The largest absolute Gasteiger partial charge is 0.416 e. The predicted octanol–water partition coefficient (Wildman–Crippen LogP) is 4.68. The maximum absolute atomic E-state index is 12.6. The van der Waals surface area contributed by atoms with E-state index in [1.807, 2.05) is 7.05 Å². The Bertz CT molecular complexity index is 530. The van der Waals surface area contributed by atoms with Crippen molar-refractivity contribution in [3.05, 3.63) is 35.4 Å². The number of rotatable bonds is 5. The summed E-state index contributed by atoms with van der Waals surface area (Å²) in [5.74, 6) is 0.233. The summed E-state index contributed by atoms with van der Waals surface area (Å²) in [5, 5.41) is 0. The number of hydrogen-bond acceptors (Lipinski definition) is 2. The molecule has 1 fully saturated rings. The van der Waals surface area contributed by atoms with Crippen molar-refractivity contribution in [1.29, 1.82) is 0 Å². The molecule has 0 heterocycles. The van der Waals surface area contributed by atoms with Crippen molar-refractivity contribution in [2.24, 2.45) is 5.41 Å². The highest BCUT2D eigenvalue weighted by atomic mass is 19.4. The third kappa shape index (κ3) is 4.56. The molecule has 0 aliphatic heterocycles. The van der Waals surface area contributed by atoms with E-state index in [9.17, 15) is 18.0 Å². The number of benzene rings is 1. The molecule has 0 amide bonds. The molecule has 1 aromatic carbocycles. The third-order valence-corrected chi connectivity index (χ3v) is 4.86. The highest BCUT2D eigenvalue weighted by molar-refractivity contribution is 5.82. The second kappa shape index (κ2) is 7.04. The van der Waals surface area contributed by atoms with Crippen LogP contribution in [0.3, 0.4) is 0 Å². The van der Waals surface area contributed by atoms with Gasteiger partial charge in [0.05, 0.1) is 5.56 Å². The van der Waals surface area contributed by atoms with Crippen LogP contribution in [0, 0.1) is 5.41 Å². The summed E-state index contributed by atoms with van der Waals surface area (Å²) in [5.41, 5.74) is -0.0785. The number of alkyl halides is 3. The van der Waals surface area contributed by atoms with Crippen LogP contribution in [0.5, 0.6) is 0 Å². The average Bonchev–Trinajstić information content (AvgIpc) is 2.47. The molecule has 23 heavy (non-hydrogen) atoms. The summed E-state index contributed by atoms with van der Waals surface area (Å²) in [6.45, 7) is 2.88. The molecule has 0 bridgehead atoms. The highest BCUT2D eigenvalue weighted by Crippen LogP contribution is 2.38. The lowest BCUT2D eigenvalue weighted by Gasteiger charge is -2.38. The maximum atomic E-state index is 12.6. The number of hydrogen-bond donors (Lipinski definition) is 0. The monoisotopic (exact) mass is 327 g/mol. The first kappa shape index (κ1) is 18.0. The van der Waals surface area contributed by atoms with Gasteiger partial charge in [0.15, 0.2) is 0 Å². The second-order valence-corrected chi connectivity index (χ2v) is 6.76. The summed E-state index contributed by atoms with van der Waals surface area (Å²) in [6.07, 6.45) is 0.865. The van der Waals surface area contributed by atoms with E-state index in [-0.39, 0.29) is 11.2 Å². The van der Waals surface area contributed by atoms with E-state index >= 15 is 0 Å². The van der Waals surface area contributed by atoms with Crippen LogP contribution in [0.1, 0.15) is 50.2 Å². The van der Waals surface area contributed by atoms with Gasteiger partial charge in [-0.3, -0.25) is 4.79 Å². The molecular formula is C18H24F3NO. The van der Waals surface area contributed by atoms with Gasteiger partial charge in [0.25, 0.3) is 0 Å². The van der Waals surface area contributed by atoms with Crippen molar-refractivity contribution in [2.75, 3.05) is 13.6 Å². The van der Waals surface area contributed by atoms with Gasteiger partial charge < -0.3 is 4.90 Å². The standard InChI is InChI=1S/C18H24F3NO/c1-14(23)17(10-4-3-5-11-17)13-22(2)12-15-6-8-16(9-7-15)18(19,20)21/h6-9H,3-5,10-13H2,1-2H3. The van der Waals surface area contributed by atoms with Gasteiger partial charge in [-0.1, -0.05) is 31.4 Å². The van der Waals surface area contributed by atoms with Crippen LogP contribution in [0.4, 0.5) is 13.2 Å². The quantitative estimate of drug-likeness (QED) is 0.783. The lowest BCUT2D eigenvalue weighted by atomic mass is 9.71. The van der Waals surface area contributed by atoms with E-state index in [4.69, 9.17) is 0 Å². The number of nitrogens with zero attached hydrogens (tertiary/aromatic N) is 1. The Morgan fingerprint density at radius 2 is 1.70 bits per heavy atom. The van der Waals surface area contributed by atoms with Gasteiger partial charge in [0.1, 0.15) is 5.78 Å². The lowest BCUT2D eigenvalue weighted by molar-refractivity contribution is -0.137. The van der Waals surface area contributed by atoms with Crippen LogP contribution in [0.15, 0.2) is 24.3 Å². The maximum Gasteiger partial charge on any atom is 0.416 e. The Labute approximate surface area is 135 Å². The Morgan fingerprint density at radius 3 is 2.17 bits per heavy atom. The number of carbonyl (C=O) groups excluding carboxylic acids is 1. The predicted molar refractivity (Wildman–Crippen MR) is 84.0 cm³/mol. The molecule has 1 aromatic rings. The zero-order valence-electron chi connectivity index (χ0n) is 13.7. The average molecular weight is 327 g/mol. The van der Waals surface area contributed by atoms with Gasteiger partial charge >= 0.3 is 6.18 Å². The summed E-state index contributed by atoms with van der Waals surface area (Å²) in [6, 6.07) is 5.26. The van der Waals surface area contributed by atoms with E-state index in [2.05, 4.69) is 4.90 Å². The van der Waals surface area contributed by atoms with E-state index in [1.54, 1.807) is 6.92 Å². The molecule has 5 heteroatoms. The van der Waals surface area contributed by atoms with E-state index in [0.29, 0.717) is 13.1 Å². The van der Waals surface area contributed by atoms with Gasteiger partial charge in [0.2, 0.25) is 0 Å². The van der Waals surface area contributed by atoms with Gasteiger partial charge in [-0.05, 0) is 44.5 Å². The van der Waals surface area contributed by atoms with Crippen molar-refractivity contribution in [3.63, 3.8) is 0 Å².